The Hall–Kier alpha value is -4.99. The van der Waals surface area contributed by atoms with Gasteiger partial charge in [0, 0.05) is 29.6 Å². The second kappa shape index (κ2) is 10.8. The number of ether oxygens (including phenoxy) is 5. The van der Waals surface area contributed by atoms with Crippen molar-refractivity contribution >= 4 is 28.3 Å². The second-order valence-electron chi connectivity index (χ2n) is 8.69. The van der Waals surface area contributed by atoms with Crippen LogP contribution in [0.5, 0.6) is 28.7 Å². The zero-order chi connectivity index (χ0) is 27.5. The molecule has 3 aromatic carbocycles. The van der Waals surface area contributed by atoms with Crippen molar-refractivity contribution in [2.24, 2.45) is 0 Å². The summed E-state index contributed by atoms with van der Waals surface area (Å²) in [5.74, 6) is 1.55. The van der Waals surface area contributed by atoms with Gasteiger partial charge in [-0.25, -0.2) is 0 Å². The van der Waals surface area contributed by atoms with Gasteiger partial charge in [0.2, 0.25) is 11.3 Å². The summed E-state index contributed by atoms with van der Waals surface area (Å²) in [6.45, 7) is 0.692. The number of pyridine rings is 1. The number of aromatic nitrogens is 1. The molecule has 1 amide bonds. The minimum atomic E-state index is -0.490. The molecular formula is C29H26N2O8. The van der Waals surface area contributed by atoms with Crippen LogP contribution >= 0.6 is 0 Å². The summed E-state index contributed by atoms with van der Waals surface area (Å²) < 4.78 is 28.6. The van der Waals surface area contributed by atoms with Crippen LogP contribution in [-0.4, -0.2) is 50.8 Å². The fourth-order valence-electron chi connectivity index (χ4n) is 4.38. The highest BCUT2D eigenvalue weighted by atomic mass is 16.6. The van der Waals surface area contributed by atoms with E-state index in [1.807, 2.05) is 0 Å². The van der Waals surface area contributed by atoms with E-state index in [4.69, 9.17) is 23.7 Å². The third kappa shape index (κ3) is 5.08. The highest BCUT2D eigenvalue weighted by Crippen LogP contribution is 2.33. The Kier molecular flexibility index (Phi) is 7.09. The third-order valence-corrected chi connectivity index (χ3v) is 6.32. The lowest BCUT2D eigenvalue weighted by Gasteiger charge is -2.19. The number of nitrogens with zero attached hydrogens (tertiary/aromatic N) is 1. The van der Waals surface area contributed by atoms with Gasteiger partial charge in [0.05, 0.1) is 37.8 Å². The summed E-state index contributed by atoms with van der Waals surface area (Å²) in [7, 11) is 4.45. The maximum Gasteiger partial charge on any atom is 0.244 e. The maximum absolute atomic E-state index is 13.5. The van der Waals surface area contributed by atoms with Crippen LogP contribution in [0.15, 0.2) is 65.6 Å². The van der Waals surface area contributed by atoms with Crippen LogP contribution in [0.25, 0.3) is 10.9 Å². The maximum atomic E-state index is 13.5. The molecule has 1 aliphatic heterocycles. The number of carbonyl (C=O) groups is 2. The Balaban J connectivity index is 1.55. The van der Waals surface area contributed by atoms with Crippen LogP contribution in [0.2, 0.25) is 0 Å². The van der Waals surface area contributed by atoms with Crippen molar-refractivity contribution in [2.45, 2.75) is 6.54 Å². The topological polar surface area (TPSA) is 114 Å². The van der Waals surface area contributed by atoms with Gasteiger partial charge < -0.3 is 33.6 Å². The summed E-state index contributed by atoms with van der Waals surface area (Å²) in [5, 5.41) is 3.04. The molecule has 10 nitrogen and oxygen atoms in total. The van der Waals surface area contributed by atoms with Crippen LogP contribution in [0.4, 0.5) is 5.69 Å². The Morgan fingerprint density at radius 1 is 0.872 bits per heavy atom. The van der Waals surface area contributed by atoms with Gasteiger partial charge in [0.1, 0.15) is 25.5 Å². The van der Waals surface area contributed by atoms with Gasteiger partial charge in [-0.15, -0.1) is 0 Å². The first-order valence-corrected chi connectivity index (χ1v) is 12.1. The standard InChI is InChI=1S/C29H26N2O8/c1-35-19-7-4-17(5-8-19)28(33)21-15-31(22-14-25(37-3)24(36-2)13-20(22)29(21)34)16-27(32)30-18-6-9-23-26(12-18)39-11-10-38-23/h4-9,12-15H,10-11,16H2,1-3H3,(H,30,32). The fourth-order valence-corrected chi connectivity index (χ4v) is 4.38. The number of rotatable bonds is 8. The van der Waals surface area contributed by atoms with E-state index >= 15 is 0 Å². The monoisotopic (exact) mass is 530 g/mol. The fraction of sp³-hybridized carbons (Fsp3) is 0.207. The van der Waals surface area contributed by atoms with Gasteiger partial charge in [-0.05, 0) is 42.5 Å². The molecule has 0 radical (unpaired) electrons. The van der Waals surface area contributed by atoms with E-state index in [9.17, 15) is 14.4 Å². The number of nitrogens with one attached hydrogen (secondary N) is 1. The molecule has 0 spiro atoms. The zero-order valence-corrected chi connectivity index (χ0v) is 21.6. The third-order valence-electron chi connectivity index (χ3n) is 6.32. The highest BCUT2D eigenvalue weighted by molar-refractivity contribution is 6.10. The van der Waals surface area contributed by atoms with E-state index < -0.39 is 11.2 Å². The van der Waals surface area contributed by atoms with Crippen molar-refractivity contribution in [2.75, 3.05) is 39.9 Å². The van der Waals surface area contributed by atoms with Crippen molar-refractivity contribution in [1.82, 2.24) is 4.57 Å². The normalized spacial score (nSPS) is 12.1. The van der Waals surface area contributed by atoms with E-state index in [-0.39, 0.29) is 23.4 Å². The molecule has 39 heavy (non-hydrogen) atoms. The second-order valence-corrected chi connectivity index (χ2v) is 8.69. The van der Waals surface area contributed by atoms with Crippen molar-refractivity contribution < 1.29 is 33.3 Å². The lowest BCUT2D eigenvalue weighted by molar-refractivity contribution is -0.116. The molecule has 10 heteroatoms. The number of ketones is 1. The van der Waals surface area contributed by atoms with E-state index in [2.05, 4.69) is 5.32 Å². The lowest BCUT2D eigenvalue weighted by Crippen LogP contribution is -2.24. The van der Waals surface area contributed by atoms with Gasteiger partial charge >= 0.3 is 0 Å². The predicted molar refractivity (Wildman–Crippen MR) is 144 cm³/mol. The van der Waals surface area contributed by atoms with Crippen LogP contribution in [0, 0.1) is 0 Å². The highest BCUT2D eigenvalue weighted by Gasteiger charge is 2.21. The smallest absolute Gasteiger partial charge is 0.244 e. The summed E-state index contributed by atoms with van der Waals surface area (Å²) in [6.07, 6.45) is 1.40. The molecule has 0 saturated heterocycles. The number of methoxy groups -OCH3 is 3. The largest absolute Gasteiger partial charge is 0.497 e. The van der Waals surface area contributed by atoms with Crippen LogP contribution in [0.3, 0.4) is 0 Å². The number of amides is 1. The SMILES string of the molecule is COc1ccc(C(=O)c2cn(CC(=O)Nc3ccc4c(c3)OCCO4)c3cc(OC)c(OC)cc3c2=O)cc1. The number of hydrogen-bond donors (Lipinski definition) is 1. The molecule has 0 unspecified atom stereocenters. The number of anilines is 1. The molecule has 1 aromatic heterocycles. The van der Waals surface area contributed by atoms with Crippen LogP contribution in [0.1, 0.15) is 15.9 Å². The van der Waals surface area contributed by atoms with Crippen LogP contribution < -0.4 is 34.4 Å². The molecule has 0 saturated carbocycles. The van der Waals surface area contributed by atoms with Gasteiger partial charge in [-0.3, -0.25) is 14.4 Å². The van der Waals surface area contributed by atoms with E-state index in [0.717, 1.165) is 0 Å². The minimum Gasteiger partial charge on any atom is -0.497 e. The van der Waals surface area contributed by atoms with E-state index in [1.165, 1.54) is 33.6 Å². The number of hydrogen-bond acceptors (Lipinski definition) is 8. The number of fused-ring (bicyclic) bond motifs is 2. The molecule has 0 fully saturated rings. The molecule has 1 aliphatic rings. The quantitative estimate of drug-likeness (QED) is 0.343. The molecule has 1 N–H and O–H groups in total. The van der Waals surface area contributed by atoms with Crippen LogP contribution in [-0.2, 0) is 11.3 Å². The Morgan fingerprint density at radius 2 is 1.56 bits per heavy atom. The molecule has 0 aliphatic carbocycles. The zero-order valence-electron chi connectivity index (χ0n) is 21.6. The lowest BCUT2D eigenvalue weighted by atomic mass is 10.0. The van der Waals surface area contributed by atoms with Gasteiger partial charge in [0.15, 0.2) is 28.8 Å². The Labute approximate surface area is 223 Å². The Bertz CT molecular complexity index is 1630. The average molecular weight is 531 g/mol. The molecule has 200 valence electrons. The number of carbonyl (C=O) groups excluding carboxylic acids is 2. The van der Waals surface area contributed by atoms with Crippen molar-refractivity contribution in [3.8, 4) is 28.7 Å². The predicted octanol–water partition coefficient (Wildman–Crippen LogP) is 3.67. The van der Waals surface area contributed by atoms with Crippen molar-refractivity contribution in [1.29, 1.82) is 0 Å². The summed E-state index contributed by atoms with van der Waals surface area (Å²) in [5.41, 5.74) is 0.645. The van der Waals surface area contributed by atoms with E-state index in [0.29, 0.717) is 58.7 Å². The van der Waals surface area contributed by atoms with Gasteiger partial charge in [-0.1, -0.05) is 0 Å². The Morgan fingerprint density at radius 3 is 2.26 bits per heavy atom. The molecule has 5 rings (SSSR count). The molecule has 0 bridgehead atoms. The molecule has 2 heterocycles. The summed E-state index contributed by atoms with van der Waals surface area (Å²) in [4.78, 5) is 40.1. The first-order chi connectivity index (χ1) is 18.9. The minimum absolute atomic E-state index is 0.0907. The summed E-state index contributed by atoms with van der Waals surface area (Å²) >= 11 is 0. The summed E-state index contributed by atoms with van der Waals surface area (Å²) in [6, 6.07) is 14.7. The average Bonchev–Trinajstić information content (AvgIpc) is 2.97. The van der Waals surface area contributed by atoms with Crippen molar-refractivity contribution in [3.05, 3.63) is 82.1 Å². The molecule has 0 atom stereocenters. The molecule has 4 aromatic rings. The molecular weight excluding hydrogens is 504 g/mol. The first-order valence-electron chi connectivity index (χ1n) is 12.1. The van der Waals surface area contributed by atoms with E-state index in [1.54, 1.807) is 53.1 Å². The van der Waals surface area contributed by atoms with Gasteiger partial charge in [0.25, 0.3) is 0 Å². The number of benzene rings is 3. The first kappa shape index (κ1) is 25.7. The van der Waals surface area contributed by atoms with Crippen molar-refractivity contribution in [3.63, 3.8) is 0 Å². The van der Waals surface area contributed by atoms with Gasteiger partial charge in [-0.2, -0.15) is 0 Å².